The highest BCUT2D eigenvalue weighted by molar-refractivity contribution is 7.86. The minimum Gasteiger partial charge on any atom is -0.369 e. The lowest BCUT2D eigenvalue weighted by molar-refractivity contribution is 0.0670. The van der Waals surface area contributed by atoms with Crippen LogP contribution >= 0.6 is 0 Å². The lowest BCUT2D eigenvalue weighted by atomic mass is 10.2. The molecule has 16 heavy (non-hydrogen) atoms. The minimum absolute atomic E-state index is 0.130. The third-order valence-corrected chi connectivity index (χ3v) is 3.24. The molecular weight excluding hydrogens is 232 g/mol. The van der Waals surface area contributed by atoms with Gasteiger partial charge in [-0.25, -0.2) is 0 Å². The molecule has 0 aromatic heterocycles. The van der Waals surface area contributed by atoms with E-state index in [9.17, 15) is 8.42 Å². The highest BCUT2D eigenvalue weighted by Crippen LogP contribution is 2.22. The van der Waals surface area contributed by atoms with E-state index in [2.05, 4.69) is 0 Å². The first-order chi connectivity index (χ1) is 7.57. The van der Waals surface area contributed by atoms with Crippen molar-refractivity contribution in [1.29, 1.82) is 0 Å². The van der Waals surface area contributed by atoms with Gasteiger partial charge in [0.15, 0.2) is 0 Å². The maximum absolute atomic E-state index is 11.0. The van der Waals surface area contributed by atoms with Crippen molar-refractivity contribution in [2.45, 2.75) is 18.1 Å². The number of hydrogen-bond acceptors (Lipinski definition) is 4. The van der Waals surface area contributed by atoms with Gasteiger partial charge in [0.1, 0.15) is 6.10 Å². The van der Waals surface area contributed by atoms with Gasteiger partial charge in [0.2, 0.25) is 5.44 Å². The van der Waals surface area contributed by atoms with E-state index in [4.69, 9.17) is 14.0 Å². The summed E-state index contributed by atoms with van der Waals surface area (Å²) in [5.41, 5.74) is -0.440. The third kappa shape index (κ3) is 3.02. The number of ether oxygens (including phenoxy) is 2. The summed E-state index contributed by atoms with van der Waals surface area (Å²) >= 11 is 0. The van der Waals surface area contributed by atoms with Crippen molar-refractivity contribution in [1.82, 2.24) is 0 Å². The van der Waals surface area contributed by atoms with Gasteiger partial charge in [-0.15, -0.1) is 0 Å². The van der Waals surface area contributed by atoms with Gasteiger partial charge < -0.3 is 9.47 Å². The van der Waals surface area contributed by atoms with Crippen LogP contribution in [0.2, 0.25) is 0 Å². The fraction of sp³-hybridized carbons (Fsp3) is 0.400. The Bertz CT molecular complexity index is 438. The second kappa shape index (κ2) is 4.50. The molecule has 1 N–H and O–H groups in total. The molecule has 0 bridgehead atoms. The first kappa shape index (κ1) is 11.5. The molecule has 0 spiro atoms. The largest absolute Gasteiger partial charge is 0.369 e. The monoisotopic (exact) mass is 244 g/mol. The molecule has 1 heterocycles. The number of rotatable bonds is 5. The Morgan fingerprint density at radius 2 is 2.06 bits per heavy atom. The molecule has 6 heteroatoms. The average Bonchev–Trinajstić information content (AvgIpc) is 3.02. The molecule has 1 aromatic rings. The van der Waals surface area contributed by atoms with Crippen LogP contribution in [0.25, 0.3) is 0 Å². The zero-order valence-electron chi connectivity index (χ0n) is 8.44. The topological polar surface area (TPSA) is 76.1 Å². The summed E-state index contributed by atoms with van der Waals surface area (Å²) in [6.07, 6.45) is -0.543. The quantitative estimate of drug-likeness (QED) is 0.613. The molecule has 1 aromatic carbocycles. The Morgan fingerprint density at radius 1 is 1.44 bits per heavy atom. The number of hydrogen-bond donors (Lipinski definition) is 1. The van der Waals surface area contributed by atoms with Crippen molar-refractivity contribution in [3.8, 4) is 0 Å². The SMILES string of the molecule is O=S(=O)(O)C(OCc1ccccc1)C1CO1. The molecule has 0 saturated carbocycles. The van der Waals surface area contributed by atoms with Crippen molar-refractivity contribution in [3.63, 3.8) is 0 Å². The summed E-state index contributed by atoms with van der Waals surface area (Å²) in [5.74, 6) is 0. The Kier molecular flexibility index (Phi) is 3.25. The van der Waals surface area contributed by atoms with Gasteiger partial charge in [0, 0.05) is 0 Å². The van der Waals surface area contributed by atoms with Gasteiger partial charge in [-0.3, -0.25) is 4.55 Å². The smallest absolute Gasteiger partial charge is 0.295 e. The third-order valence-electron chi connectivity index (χ3n) is 2.21. The highest BCUT2D eigenvalue weighted by atomic mass is 32.2. The van der Waals surface area contributed by atoms with E-state index in [1.807, 2.05) is 30.3 Å². The van der Waals surface area contributed by atoms with E-state index in [0.717, 1.165) is 5.56 Å². The molecule has 2 atom stereocenters. The standard InChI is InChI=1S/C10H12O5S/c11-16(12,13)10(9-7-14-9)15-6-8-4-2-1-3-5-8/h1-5,9-10H,6-7H2,(H,11,12,13). The van der Waals surface area contributed by atoms with Gasteiger partial charge in [-0.2, -0.15) is 8.42 Å². The molecular formula is C10H12O5S. The molecule has 0 amide bonds. The van der Waals surface area contributed by atoms with Crippen LogP contribution in [0.3, 0.4) is 0 Å². The summed E-state index contributed by atoms with van der Waals surface area (Å²) < 4.78 is 40.9. The molecule has 1 fully saturated rings. The van der Waals surface area contributed by atoms with E-state index in [-0.39, 0.29) is 6.61 Å². The summed E-state index contributed by atoms with van der Waals surface area (Å²) in [6.45, 7) is 0.435. The fourth-order valence-corrected chi connectivity index (χ4v) is 2.13. The Hall–Kier alpha value is -0.950. The van der Waals surface area contributed by atoms with Gasteiger partial charge in [0.05, 0.1) is 13.2 Å². The molecule has 0 aliphatic carbocycles. The molecule has 1 saturated heterocycles. The average molecular weight is 244 g/mol. The molecule has 2 rings (SSSR count). The van der Waals surface area contributed by atoms with Crippen LogP contribution in [0.4, 0.5) is 0 Å². The molecule has 0 radical (unpaired) electrons. The van der Waals surface area contributed by atoms with Crippen LogP contribution < -0.4 is 0 Å². The lowest BCUT2D eigenvalue weighted by Gasteiger charge is -2.12. The summed E-state index contributed by atoms with van der Waals surface area (Å²) in [6, 6.07) is 9.14. The zero-order valence-corrected chi connectivity index (χ0v) is 9.26. The van der Waals surface area contributed by atoms with Gasteiger partial charge in [-0.1, -0.05) is 30.3 Å². The van der Waals surface area contributed by atoms with Gasteiger partial charge in [0.25, 0.3) is 10.1 Å². The second-order valence-electron chi connectivity index (χ2n) is 3.55. The van der Waals surface area contributed by atoms with E-state index in [0.29, 0.717) is 6.61 Å². The number of epoxide rings is 1. The Morgan fingerprint density at radius 3 is 2.56 bits per heavy atom. The summed E-state index contributed by atoms with van der Waals surface area (Å²) in [7, 11) is -4.22. The fourth-order valence-electron chi connectivity index (χ4n) is 1.35. The van der Waals surface area contributed by atoms with Crippen LogP contribution in [0.1, 0.15) is 5.56 Å². The molecule has 88 valence electrons. The van der Waals surface area contributed by atoms with Crippen molar-refractivity contribution in [2.24, 2.45) is 0 Å². The van der Waals surface area contributed by atoms with Crippen LogP contribution in [-0.2, 0) is 26.2 Å². The van der Waals surface area contributed by atoms with Gasteiger partial charge >= 0.3 is 0 Å². The highest BCUT2D eigenvalue weighted by Gasteiger charge is 2.42. The van der Waals surface area contributed by atoms with E-state index in [1.54, 1.807) is 0 Å². The molecule has 5 nitrogen and oxygen atoms in total. The molecule has 2 unspecified atom stereocenters. The maximum atomic E-state index is 11.0. The Balaban J connectivity index is 1.97. The molecule has 1 aliphatic rings. The van der Waals surface area contributed by atoms with Gasteiger partial charge in [-0.05, 0) is 5.56 Å². The van der Waals surface area contributed by atoms with Crippen molar-refractivity contribution < 1.29 is 22.4 Å². The number of benzene rings is 1. The second-order valence-corrected chi connectivity index (χ2v) is 5.05. The van der Waals surface area contributed by atoms with Crippen LogP contribution in [0.5, 0.6) is 0 Å². The van der Waals surface area contributed by atoms with Crippen molar-refractivity contribution in [3.05, 3.63) is 35.9 Å². The predicted octanol–water partition coefficient (Wildman–Crippen LogP) is 0.816. The zero-order chi connectivity index (χ0) is 11.6. The van der Waals surface area contributed by atoms with Crippen LogP contribution in [-0.4, -0.2) is 31.1 Å². The Labute approximate surface area is 93.7 Å². The van der Waals surface area contributed by atoms with E-state index in [1.165, 1.54) is 0 Å². The first-order valence-electron chi connectivity index (χ1n) is 4.81. The molecule has 1 aliphatic heterocycles. The predicted molar refractivity (Wildman–Crippen MR) is 56.3 cm³/mol. The normalized spacial score (nSPS) is 21.7. The summed E-state index contributed by atoms with van der Waals surface area (Å²) in [4.78, 5) is 0. The summed E-state index contributed by atoms with van der Waals surface area (Å²) in [5, 5.41) is 0. The maximum Gasteiger partial charge on any atom is 0.295 e. The van der Waals surface area contributed by atoms with E-state index >= 15 is 0 Å². The van der Waals surface area contributed by atoms with Crippen molar-refractivity contribution in [2.75, 3.05) is 6.61 Å². The minimum atomic E-state index is -4.22. The first-order valence-corrected chi connectivity index (χ1v) is 6.31. The van der Waals surface area contributed by atoms with Crippen LogP contribution in [0, 0.1) is 0 Å². The van der Waals surface area contributed by atoms with Crippen molar-refractivity contribution >= 4 is 10.1 Å². The lowest BCUT2D eigenvalue weighted by Crippen LogP contribution is -2.29. The van der Waals surface area contributed by atoms with E-state index < -0.39 is 21.7 Å². The van der Waals surface area contributed by atoms with Crippen LogP contribution in [0.15, 0.2) is 30.3 Å².